The maximum absolute atomic E-state index is 13.7. The van der Waals surface area contributed by atoms with E-state index in [1.54, 1.807) is 49.4 Å². The molecule has 0 saturated heterocycles. The molecular formula is C25H33Cl2N3O5S. The van der Waals surface area contributed by atoms with Gasteiger partial charge >= 0.3 is 0 Å². The molecule has 0 aromatic heterocycles. The average molecular weight is 559 g/mol. The molecule has 36 heavy (non-hydrogen) atoms. The molecule has 11 heteroatoms. The quantitative estimate of drug-likeness (QED) is 0.391. The highest BCUT2D eigenvalue weighted by molar-refractivity contribution is 7.92. The van der Waals surface area contributed by atoms with Crippen LogP contribution in [0.2, 0.25) is 10.0 Å². The first-order valence-corrected chi connectivity index (χ1v) is 14.3. The molecule has 0 spiro atoms. The van der Waals surface area contributed by atoms with Gasteiger partial charge in [0.25, 0.3) is 0 Å². The molecule has 8 nitrogen and oxygen atoms in total. The zero-order valence-electron chi connectivity index (χ0n) is 21.0. The molecule has 2 aromatic carbocycles. The van der Waals surface area contributed by atoms with E-state index in [9.17, 15) is 18.0 Å². The van der Waals surface area contributed by atoms with E-state index in [-0.39, 0.29) is 12.5 Å². The Bertz CT molecular complexity index is 1120. The minimum absolute atomic E-state index is 0.0593. The number of hydrogen-bond donors (Lipinski definition) is 1. The number of sulfonamides is 1. The third-order valence-electron chi connectivity index (χ3n) is 5.44. The van der Waals surface area contributed by atoms with Crippen LogP contribution in [0.25, 0.3) is 0 Å². The lowest BCUT2D eigenvalue weighted by Crippen LogP contribution is -2.52. The summed E-state index contributed by atoms with van der Waals surface area (Å²) in [5.74, 6) is -0.318. The molecule has 0 bridgehead atoms. The van der Waals surface area contributed by atoms with Crippen LogP contribution in [0.1, 0.15) is 39.2 Å². The van der Waals surface area contributed by atoms with Gasteiger partial charge in [-0.2, -0.15) is 0 Å². The normalized spacial score (nSPS) is 12.1. The fourth-order valence-corrected chi connectivity index (χ4v) is 4.99. The lowest BCUT2D eigenvalue weighted by molar-refractivity contribution is -0.140. The van der Waals surface area contributed by atoms with Crippen molar-refractivity contribution in [2.45, 2.75) is 46.2 Å². The van der Waals surface area contributed by atoms with Gasteiger partial charge in [0.2, 0.25) is 21.8 Å². The number of rotatable bonds is 13. The van der Waals surface area contributed by atoms with Gasteiger partial charge in [-0.1, -0.05) is 43.1 Å². The monoisotopic (exact) mass is 557 g/mol. The third-order valence-corrected chi connectivity index (χ3v) is 7.29. The molecule has 0 radical (unpaired) electrons. The van der Waals surface area contributed by atoms with E-state index < -0.39 is 28.5 Å². The van der Waals surface area contributed by atoms with Crippen molar-refractivity contribution in [3.05, 3.63) is 58.1 Å². The number of nitrogens with zero attached hydrogens (tertiary/aromatic N) is 2. The van der Waals surface area contributed by atoms with Crippen molar-refractivity contribution in [3.8, 4) is 5.75 Å². The lowest BCUT2D eigenvalue weighted by atomic mass is 10.1. The summed E-state index contributed by atoms with van der Waals surface area (Å²) in [6.45, 7) is 5.90. The van der Waals surface area contributed by atoms with Crippen LogP contribution in [0.15, 0.2) is 42.5 Å². The van der Waals surface area contributed by atoms with Gasteiger partial charge < -0.3 is 15.0 Å². The number of benzene rings is 2. The fourth-order valence-electron chi connectivity index (χ4n) is 3.63. The Kier molecular flexibility index (Phi) is 11.3. The zero-order valence-corrected chi connectivity index (χ0v) is 23.3. The third kappa shape index (κ3) is 8.01. The summed E-state index contributed by atoms with van der Waals surface area (Å²) in [6, 6.07) is 10.5. The van der Waals surface area contributed by atoms with Gasteiger partial charge in [0.15, 0.2) is 0 Å². The van der Waals surface area contributed by atoms with Gasteiger partial charge in [0.05, 0.1) is 18.6 Å². The summed E-state index contributed by atoms with van der Waals surface area (Å²) < 4.78 is 31.8. The molecule has 2 aromatic rings. The van der Waals surface area contributed by atoms with Gasteiger partial charge in [-0.25, -0.2) is 8.42 Å². The molecular weight excluding hydrogens is 525 g/mol. The number of ether oxygens (including phenoxy) is 1. The van der Waals surface area contributed by atoms with Gasteiger partial charge in [-0.3, -0.25) is 13.9 Å². The zero-order chi connectivity index (χ0) is 26.9. The van der Waals surface area contributed by atoms with Crippen LogP contribution in [-0.4, -0.2) is 57.1 Å². The summed E-state index contributed by atoms with van der Waals surface area (Å²) in [5, 5.41) is 3.51. The van der Waals surface area contributed by atoms with Gasteiger partial charge in [-0.15, -0.1) is 0 Å². The number of hydrogen-bond acceptors (Lipinski definition) is 5. The molecule has 0 aliphatic heterocycles. The molecule has 1 atom stereocenters. The summed E-state index contributed by atoms with van der Waals surface area (Å²) in [7, 11) is -3.84. The molecule has 0 saturated carbocycles. The van der Waals surface area contributed by atoms with E-state index in [4.69, 9.17) is 27.9 Å². The smallest absolute Gasteiger partial charge is 0.244 e. The first-order chi connectivity index (χ1) is 17.0. The second-order valence-corrected chi connectivity index (χ2v) is 10.9. The Balaban J connectivity index is 2.46. The second kappa shape index (κ2) is 13.7. The molecule has 0 unspecified atom stereocenters. The van der Waals surface area contributed by atoms with Crippen molar-refractivity contribution in [3.63, 3.8) is 0 Å². The Morgan fingerprint density at radius 2 is 1.64 bits per heavy atom. The Morgan fingerprint density at radius 3 is 2.14 bits per heavy atom. The molecule has 198 valence electrons. The Morgan fingerprint density at radius 1 is 1.03 bits per heavy atom. The summed E-state index contributed by atoms with van der Waals surface area (Å²) in [4.78, 5) is 28.0. The SMILES string of the molecule is CCCNC(=O)[C@@H](CC)N(Cc1c(Cl)cccc1Cl)C(=O)CN(c1ccc(OCC)cc1)S(C)(=O)=O. The average Bonchev–Trinajstić information content (AvgIpc) is 2.82. The summed E-state index contributed by atoms with van der Waals surface area (Å²) >= 11 is 12.7. The summed E-state index contributed by atoms with van der Waals surface area (Å²) in [6.07, 6.45) is 2.06. The van der Waals surface area contributed by atoms with Crippen LogP contribution in [0.4, 0.5) is 5.69 Å². The molecule has 0 aliphatic rings. The van der Waals surface area contributed by atoms with Crippen LogP contribution in [0, 0.1) is 0 Å². The molecule has 0 heterocycles. The predicted molar refractivity (Wildman–Crippen MR) is 144 cm³/mol. The van der Waals surface area contributed by atoms with Gasteiger partial charge in [-0.05, 0) is 56.2 Å². The van der Waals surface area contributed by atoms with E-state index >= 15 is 0 Å². The largest absolute Gasteiger partial charge is 0.494 e. The number of halogens is 2. The van der Waals surface area contributed by atoms with Crippen molar-refractivity contribution in [1.29, 1.82) is 0 Å². The van der Waals surface area contributed by atoms with E-state index in [2.05, 4.69) is 5.32 Å². The molecule has 1 N–H and O–H groups in total. The van der Waals surface area contributed by atoms with Crippen molar-refractivity contribution in [1.82, 2.24) is 10.2 Å². The van der Waals surface area contributed by atoms with Gasteiger partial charge in [0, 0.05) is 28.7 Å². The predicted octanol–water partition coefficient (Wildman–Crippen LogP) is 4.49. The van der Waals surface area contributed by atoms with Gasteiger partial charge in [0.1, 0.15) is 18.3 Å². The Labute approximate surface area is 223 Å². The number of nitrogens with one attached hydrogen (secondary N) is 1. The minimum atomic E-state index is -3.84. The van der Waals surface area contributed by atoms with Crippen molar-refractivity contribution in [2.24, 2.45) is 0 Å². The molecule has 2 rings (SSSR count). The second-order valence-electron chi connectivity index (χ2n) is 8.13. The van der Waals surface area contributed by atoms with E-state index in [1.165, 1.54) is 4.90 Å². The van der Waals surface area contributed by atoms with Crippen molar-refractivity contribution < 1.29 is 22.7 Å². The number of anilines is 1. The van der Waals surface area contributed by atoms with Crippen LogP contribution < -0.4 is 14.4 Å². The van der Waals surface area contributed by atoms with Crippen LogP contribution in [-0.2, 0) is 26.2 Å². The van der Waals surface area contributed by atoms with E-state index in [0.29, 0.717) is 46.6 Å². The first kappa shape index (κ1) is 29.7. The number of carbonyl (C=O) groups excluding carboxylic acids is 2. The highest BCUT2D eigenvalue weighted by atomic mass is 35.5. The number of amides is 2. The summed E-state index contributed by atoms with van der Waals surface area (Å²) in [5.41, 5.74) is 0.774. The van der Waals surface area contributed by atoms with E-state index in [0.717, 1.165) is 17.0 Å². The van der Waals surface area contributed by atoms with Crippen LogP contribution >= 0.6 is 23.2 Å². The maximum atomic E-state index is 13.7. The molecule has 0 aliphatic carbocycles. The highest BCUT2D eigenvalue weighted by Crippen LogP contribution is 2.28. The van der Waals surface area contributed by atoms with E-state index in [1.807, 2.05) is 13.8 Å². The maximum Gasteiger partial charge on any atom is 0.244 e. The highest BCUT2D eigenvalue weighted by Gasteiger charge is 2.32. The van der Waals surface area contributed by atoms with Crippen LogP contribution in [0.3, 0.4) is 0 Å². The molecule has 0 fully saturated rings. The van der Waals surface area contributed by atoms with Crippen molar-refractivity contribution >= 4 is 50.7 Å². The lowest BCUT2D eigenvalue weighted by Gasteiger charge is -2.33. The minimum Gasteiger partial charge on any atom is -0.494 e. The topological polar surface area (TPSA) is 96.0 Å². The first-order valence-electron chi connectivity index (χ1n) is 11.7. The number of carbonyl (C=O) groups is 2. The van der Waals surface area contributed by atoms with Crippen LogP contribution in [0.5, 0.6) is 5.75 Å². The molecule has 2 amide bonds. The van der Waals surface area contributed by atoms with Crippen molar-refractivity contribution in [2.75, 3.05) is 30.3 Å². The standard InChI is InChI=1S/C25H33Cl2N3O5S/c1-5-15-28-25(32)23(6-2)29(16-20-21(26)9-8-10-22(20)27)24(31)17-30(36(4,33)34)18-11-13-19(14-12-18)35-7-3/h8-14,23H,5-7,15-17H2,1-4H3,(H,28,32)/t23-/m1/s1. The fraction of sp³-hybridized carbons (Fsp3) is 0.440. The Hall–Kier alpha value is -2.49.